The standard InChI is InChI=1S/C18H15FN2O3/c19-14-8-6-13(7-9-14)12-24-18(23)16-10-11-17(22)21(20-16)15-4-2-1-3-5-15/h1-9H,10-12H2. The molecule has 6 heteroatoms. The van der Waals surface area contributed by atoms with E-state index in [0.29, 0.717) is 11.3 Å². The quantitative estimate of drug-likeness (QED) is 0.811. The van der Waals surface area contributed by atoms with Gasteiger partial charge >= 0.3 is 5.97 Å². The van der Waals surface area contributed by atoms with Crippen LogP contribution in [0.5, 0.6) is 0 Å². The van der Waals surface area contributed by atoms with Crippen molar-refractivity contribution in [3.8, 4) is 0 Å². The zero-order valence-corrected chi connectivity index (χ0v) is 12.8. The van der Waals surface area contributed by atoms with Gasteiger partial charge in [0.05, 0.1) is 5.69 Å². The normalized spacial score (nSPS) is 14.3. The molecule has 2 aromatic carbocycles. The lowest BCUT2D eigenvalue weighted by Crippen LogP contribution is -2.34. The number of para-hydroxylation sites is 1. The van der Waals surface area contributed by atoms with Gasteiger partial charge in [0.15, 0.2) is 0 Å². The van der Waals surface area contributed by atoms with Crippen LogP contribution in [0.2, 0.25) is 0 Å². The number of benzene rings is 2. The fourth-order valence-electron chi connectivity index (χ4n) is 2.28. The van der Waals surface area contributed by atoms with Crippen molar-refractivity contribution in [1.82, 2.24) is 0 Å². The van der Waals surface area contributed by atoms with Crippen LogP contribution in [0.1, 0.15) is 18.4 Å². The average molecular weight is 326 g/mol. The number of esters is 1. The van der Waals surface area contributed by atoms with Crippen molar-refractivity contribution in [3.63, 3.8) is 0 Å². The summed E-state index contributed by atoms with van der Waals surface area (Å²) < 4.78 is 18.0. The summed E-state index contributed by atoms with van der Waals surface area (Å²) in [6, 6.07) is 14.6. The van der Waals surface area contributed by atoms with Gasteiger partial charge in [-0.2, -0.15) is 5.10 Å². The fourth-order valence-corrected chi connectivity index (χ4v) is 2.28. The molecule has 24 heavy (non-hydrogen) atoms. The molecule has 0 N–H and O–H groups in total. The van der Waals surface area contributed by atoms with E-state index in [2.05, 4.69) is 5.10 Å². The molecule has 122 valence electrons. The number of hydrogen-bond acceptors (Lipinski definition) is 4. The molecular formula is C18H15FN2O3. The van der Waals surface area contributed by atoms with Crippen LogP contribution >= 0.6 is 0 Å². The monoisotopic (exact) mass is 326 g/mol. The van der Waals surface area contributed by atoms with Crippen molar-refractivity contribution in [3.05, 3.63) is 66.0 Å². The number of hydrogen-bond donors (Lipinski definition) is 0. The zero-order chi connectivity index (χ0) is 16.9. The van der Waals surface area contributed by atoms with E-state index >= 15 is 0 Å². The highest BCUT2D eigenvalue weighted by atomic mass is 19.1. The van der Waals surface area contributed by atoms with Gasteiger partial charge in [-0.15, -0.1) is 0 Å². The van der Waals surface area contributed by atoms with Gasteiger partial charge in [0.25, 0.3) is 0 Å². The molecule has 0 spiro atoms. The molecule has 0 saturated heterocycles. The molecule has 0 fully saturated rings. The minimum Gasteiger partial charge on any atom is -0.456 e. The van der Waals surface area contributed by atoms with E-state index in [1.807, 2.05) is 6.07 Å². The average Bonchev–Trinajstić information content (AvgIpc) is 2.62. The molecular weight excluding hydrogens is 311 g/mol. The fraction of sp³-hybridized carbons (Fsp3) is 0.167. The number of hydrazone groups is 1. The molecule has 0 saturated carbocycles. The van der Waals surface area contributed by atoms with Crippen molar-refractivity contribution in [2.45, 2.75) is 19.4 Å². The molecule has 0 atom stereocenters. The second-order valence-electron chi connectivity index (χ2n) is 5.29. The van der Waals surface area contributed by atoms with Gasteiger partial charge in [0.1, 0.15) is 18.1 Å². The number of amides is 1. The van der Waals surface area contributed by atoms with E-state index < -0.39 is 5.97 Å². The summed E-state index contributed by atoms with van der Waals surface area (Å²) in [5, 5.41) is 5.35. The van der Waals surface area contributed by atoms with E-state index in [0.717, 1.165) is 0 Å². The second kappa shape index (κ2) is 7.04. The Bertz CT molecular complexity index is 773. The summed E-state index contributed by atoms with van der Waals surface area (Å²) >= 11 is 0. The molecule has 1 heterocycles. The Kier molecular flexibility index (Phi) is 4.65. The molecule has 5 nitrogen and oxygen atoms in total. The van der Waals surface area contributed by atoms with Crippen LogP contribution in [0.25, 0.3) is 0 Å². The SMILES string of the molecule is O=C(OCc1ccc(F)cc1)C1=NN(c2ccccc2)C(=O)CC1. The molecule has 1 amide bonds. The van der Waals surface area contributed by atoms with Gasteiger partial charge in [0, 0.05) is 12.8 Å². The Balaban J connectivity index is 1.69. The number of anilines is 1. The van der Waals surface area contributed by atoms with Crippen molar-refractivity contribution >= 4 is 23.3 Å². The number of nitrogens with zero attached hydrogens (tertiary/aromatic N) is 2. The number of halogens is 1. The first-order chi connectivity index (χ1) is 11.6. The van der Waals surface area contributed by atoms with Gasteiger partial charge in [-0.05, 0) is 29.8 Å². The third-order valence-electron chi connectivity index (χ3n) is 3.55. The molecule has 0 unspecified atom stereocenters. The maximum atomic E-state index is 12.9. The van der Waals surface area contributed by atoms with Gasteiger partial charge < -0.3 is 4.74 Å². The molecule has 1 aliphatic heterocycles. The first kappa shape index (κ1) is 15.9. The summed E-state index contributed by atoms with van der Waals surface area (Å²) in [4.78, 5) is 24.2. The largest absolute Gasteiger partial charge is 0.456 e. The summed E-state index contributed by atoms with van der Waals surface area (Å²) in [5.41, 5.74) is 1.48. The second-order valence-corrected chi connectivity index (χ2v) is 5.29. The lowest BCUT2D eigenvalue weighted by Gasteiger charge is -2.22. The highest BCUT2D eigenvalue weighted by Gasteiger charge is 2.26. The van der Waals surface area contributed by atoms with Gasteiger partial charge in [-0.3, -0.25) is 4.79 Å². The minimum absolute atomic E-state index is 0.0252. The van der Waals surface area contributed by atoms with Crippen LogP contribution in [-0.2, 0) is 20.9 Å². The first-order valence-corrected chi connectivity index (χ1v) is 7.50. The van der Waals surface area contributed by atoms with E-state index in [9.17, 15) is 14.0 Å². The predicted octanol–water partition coefficient (Wildman–Crippen LogP) is 3.05. The predicted molar refractivity (Wildman–Crippen MR) is 86.8 cm³/mol. The van der Waals surface area contributed by atoms with Gasteiger partial charge in [0.2, 0.25) is 5.91 Å². The number of ether oxygens (including phenoxy) is 1. The molecule has 1 aliphatic rings. The molecule has 3 rings (SSSR count). The molecule has 0 aliphatic carbocycles. The summed E-state index contributed by atoms with van der Waals surface area (Å²) in [6.45, 7) is 0.0252. The smallest absolute Gasteiger partial charge is 0.354 e. The minimum atomic E-state index is -0.576. The lowest BCUT2D eigenvalue weighted by molar-refractivity contribution is -0.137. The Hall–Kier alpha value is -3.02. The van der Waals surface area contributed by atoms with E-state index in [1.165, 1.54) is 17.1 Å². The molecule has 0 bridgehead atoms. The van der Waals surface area contributed by atoms with E-state index in [-0.39, 0.29) is 36.9 Å². The third kappa shape index (κ3) is 3.65. The maximum absolute atomic E-state index is 12.9. The highest BCUT2D eigenvalue weighted by Crippen LogP contribution is 2.20. The number of carbonyl (C=O) groups excluding carboxylic acids is 2. The summed E-state index contributed by atoms with van der Waals surface area (Å²) in [5.74, 6) is -1.09. The topological polar surface area (TPSA) is 59.0 Å². The van der Waals surface area contributed by atoms with Crippen LogP contribution < -0.4 is 5.01 Å². The zero-order valence-electron chi connectivity index (χ0n) is 12.8. The van der Waals surface area contributed by atoms with Crippen LogP contribution in [0, 0.1) is 5.82 Å². The van der Waals surface area contributed by atoms with Crippen LogP contribution in [0.4, 0.5) is 10.1 Å². The van der Waals surface area contributed by atoms with Crippen molar-refractivity contribution in [2.24, 2.45) is 5.10 Å². The van der Waals surface area contributed by atoms with Gasteiger partial charge in [-0.1, -0.05) is 30.3 Å². The van der Waals surface area contributed by atoms with Crippen molar-refractivity contribution in [1.29, 1.82) is 0 Å². The first-order valence-electron chi connectivity index (χ1n) is 7.50. The van der Waals surface area contributed by atoms with Crippen LogP contribution in [-0.4, -0.2) is 17.6 Å². The summed E-state index contributed by atoms with van der Waals surface area (Å²) in [6.07, 6.45) is 0.434. The Morgan fingerprint density at radius 3 is 2.50 bits per heavy atom. The molecule has 0 aromatic heterocycles. The Morgan fingerprint density at radius 1 is 1.08 bits per heavy atom. The Labute approximate surface area is 138 Å². The van der Waals surface area contributed by atoms with Crippen molar-refractivity contribution < 1.29 is 18.7 Å². The van der Waals surface area contributed by atoms with Crippen LogP contribution in [0.15, 0.2) is 59.7 Å². The number of rotatable bonds is 4. The Morgan fingerprint density at radius 2 is 1.79 bits per heavy atom. The molecule has 0 radical (unpaired) electrons. The number of carbonyl (C=O) groups is 2. The van der Waals surface area contributed by atoms with Crippen molar-refractivity contribution in [2.75, 3.05) is 5.01 Å². The maximum Gasteiger partial charge on any atom is 0.354 e. The lowest BCUT2D eigenvalue weighted by atomic mass is 10.1. The highest BCUT2D eigenvalue weighted by molar-refractivity contribution is 6.37. The van der Waals surface area contributed by atoms with Gasteiger partial charge in [-0.25, -0.2) is 14.2 Å². The summed E-state index contributed by atoms with van der Waals surface area (Å²) in [7, 11) is 0. The third-order valence-corrected chi connectivity index (χ3v) is 3.55. The van der Waals surface area contributed by atoms with Crippen LogP contribution in [0.3, 0.4) is 0 Å². The van der Waals surface area contributed by atoms with E-state index in [4.69, 9.17) is 4.74 Å². The van der Waals surface area contributed by atoms with E-state index in [1.54, 1.807) is 36.4 Å². The molecule has 2 aromatic rings.